The van der Waals surface area contributed by atoms with Crippen molar-refractivity contribution in [3.8, 4) is 0 Å². The first-order valence-electron chi connectivity index (χ1n) is 9.23. The van der Waals surface area contributed by atoms with Crippen LogP contribution in [0, 0.1) is 0 Å². The zero-order valence-electron chi connectivity index (χ0n) is 14.5. The molecule has 5 heteroatoms. The molecule has 5 nitrogen and oxygen atoms in total. The summed E-state index contributed by atoms with van der Waals surface area (Å²) in [5, 5.41) is 3.19. The molecule has 2 heterocycles. The maximum atomic E-state index is 12.3. The number of urea groups is 1. The molecular weight excluding hydrogens is 276 g/mol. The molecule has 0 bridgehead atoms. The Balaban J connectivity index is 1.72. The lowest BCUT2D eigenvalue weighted by Crippen LogP contribution is -2.54. The number of piperazine rings is 1. The Bertz CT molecular complexity index is 329. The second kappa shape index (κ2) is 9.36. The van der Waals surface area contributed by atoms with Gasteiger partial charge in [0.05, 0.1) is 0 Å². The van der Waals surface area contributed by atoms with E-state index in [1.54, 1.807) is 0 Å². The Hall–Kier alpha value is -0.810. The van der Waals surface area contributed by atoms with Crippen LogP contribution in [-0.4, -0.2) is 79.1 Å². The Kier molecular flexibility index (Phi) is 7.46. The maximum Gasteiger partial charge on any atom is 0.317 e. The summed E-state index contributed by atoms with van der Waals surface area (Å²) in [6, 6.07) is 0.679. The van der Waals surface area contributed by atoms with Gasteiger partial charge in [-0.05, 0) is 38.9 Å². The molecule has 1 atom stereocenters. The van der Waals surface area contributed by atoms with E-state index >= 15 is 0 Å². The standard InChI is InChI=1S/C17H34N4O/c1-3-5-9-20-10-7-6-8-16(20)15-18-17(22)21-13-11-19(4-2)12-14-21/h16H,3-15H2,1-2H3,(H,18,22). The molecule has 1 N–H and O–H groups in total. The number of rotatable bonds is 6. The average Bonchev–Trinajstić information content (AvgIpc) is 2.58. The average molecular weight is 310 g/mol. The smallest absolute Gasteiger partial charge is 0.317 e. The summed E-state index contributed by atoms with van der Waals surface area (Å²) in [5.41, 5.74) is 0. The number of amides is 2. The number of carbonyl (C=O) groups is 1. The second-order valence-corrected chi connectivity index (χ2v) is 6.65. The third kappa shape index (κ3) is 5.13. The quantitative estimate of drug-likeness (QED) is 0.815. The van der Waals surface area contributed by atoms with Gasteiger partial charge in [0, 0.05) is 38.8 Å². The van der Waals surface area contributed by atoms with Crippen LogP contribution in [0.1, 0.15) is 46.0 Å². The van der Waals surface area contributed by atoms with Crippen LogP contribution in [0.5, 0.6) is 0 Å². The molecule has 128 valence electrons. The number of nitrogens with one attached hydrogen (secondary N) is 1. The third-order valence-corrected chi connectivity index (χ3v) is 5.14. The van der Waals surface area contributed by atoms with Crippen molar-refractivity contribution in [2.75, 3.05) is 52.4 Å². The van der Waals surface area contributed by atoms with Crippen LogP contribution in [0.2, 0.25) is 0 Å². The zero-order chi connectivity index (χ0) is 15.8. The second-order valence-electron chi connectivity index (χ2n) is 6.65. The first kappa shape index (κ1) is 17.5. The number of hydrogen-bond acceptors (Lipinski definition) is 3. The Morgan fingerprint density at radius 3 is 2.55 bits per heavy atom. The van der Waals surface area contributed by atoms with Crippen LogP contribution in [0.3, 0.4) is 0 Å². The highest BCUT2D eigenvalue weighted by molar-refractivity contribution is 5.74. The fraction of sp³-hybridized carbons (Fsp3) is 0.941. The van der Waals surface area contributed by atoms with E-state index in [1.807, 2.05) is 4.90 Å². The van der Waals surface area contributed by atoms with E-state index in [9.17, 15) is 4.79 Å². The number of nitrogens with zero attached hydrogens (tertiary/aromatic N) is 3. The minimum absolute atomic E-state index is 0.136. The monoisotopic (exact) mass is 310 g/mol. The summed E-state index contributed by atoms with van der Waals surface area (Å²) in [7, 11) is 0. The van der Waals surface area contributed by atoms with Gasteiger partial charge in [0.1, 0.15) is 0 Å². The molecule has 0 saturated carbocycles. The van der Waals surface area contributed by atoms with Crippen molar-refractivity contribution >= 4 is 6.03 Å². The van der Waals surface area contributed by atoms with E-state index in [4.69, 9.17) is 0 Å². The molecule has 2 aliphatic rings. The molecular formula is C17H34N4O. The van der Waals surface area contributed by atoms with Gasteiger partial charge in [-0.15, -0.1) is 0 Å². The van der Waals surface area contributed by atoms with E-state index in [2.05, 4.69) is 29.0 Å². The molecule has 0 aromatic rings. The highest BCUT2D eigenvalue weighted by Gasteiger charge is 2.24. The highest BCUT2D eigenvalue weighted by atomic mass is 16.2. The summed E-state index contributed by atoms with van der Waals surface area (Å²) < 4.78 is 0. The zero-order valence-corrected chi connectivity index (χ0v) is 14.5. The van der Waals surface area contributed by atoms with Crippen molar-refractivity contribution < 1.29 is 4.79 Å². The number of piperidine rings is 1. The summed E-state index contributed by atoms with van der Waals surface area (Å²) >= 11 is 0. The van der Waals surface area contributed by atoms with Crippen molar-refractivity contribution in [1.82, 2.24) is 20.0 Å². The molecule has 2 aliphatic heterocycles. The molecule has 0 aliphatic carbocycles. The highest BCUT2D eigenvalue weighted by Crippen LogP contribution is 2.17. The van der Waals surface area contributed by atoms with Crippen LogP contribution >= 0.6 is 0 Å². The van der Waals surface area contributed by atoms with Gasteiger partial charge in [0.15, 0.2) is 0 Å². The molecule has 2 amide bonds. The van der Waals surface area contributed by atoms with Gasteiger partial charge < -0.3 is 15.1 Å². The van der Waals surface area contributed by atoms with E-state index in [0.717, 1.165) is 39.3 Å². The van der Waals surface area contributed by atoms with Crippen molar-refractivity contribution in [1.29, 1.82) is 0 Å². The number of carbonyl (C=O) groups excluding carboxylic acids is 1. The van der Waals surface area contributed by atoms with Gasteiger partial charge in [-0.25, -0.2) is 4.79 Å². The largest absolute Gasteiger partial charge is 0.336 e. The first-order valence-corrected chi connectivity index (χ1v) is 9.23. The van der Waals surface area contributed by atoms with E-state index in [-0.39, 0.29) is 6.03 Å². The lowest BCUT2D eigenvalue weighted by atomic mass is 10.0. The van der Waals surface area contributed by atoms with Gasteiger partial charge in [0.2, 0.25) is 0 Å². The molecule has 0 aromatic carbocycles. The summed E-state index contributed by atoms with van der Waals surface area (Å²) in [4.78, 5) is 19.3. The number of likely N-dealkylation sites (N-methyl/N-ethyl adjacent to an activating group) is 1. The van der Waals surface area contributed by atoms with Crippen LogP contribution in [0.4, 0.5) is 4.79 Å². The van der Waals surface area contributed by atoms with Gasteiger partial charge in [-0.2, -0.15) is 0 Å². The maximum absolute atomic E-state index is 12.3. The first-order chi connectivity index (χ1) is 10.7. The van der Waals surface area contributed by atoms with Gasteiger partial charge >= 0.3 is 6.03 Å². The molecule has 0 radical (unpaired) electrons. The van der Waals surface area contributed by atoms with Gasteiger partial charge in [-0.3, -0.25) is 4.90 Å². The molecule has 2 rings (SSSR count). The number of likely N-dealkylation sites (tertiary alicyclic amines) is 1. The predicted octanol–water partition coefficient (Wildman–Crippen LogP) is 1.99. The van der Waals surface area contributed by atoms with E-state index in [0.29, 0.717) is 6.04 Å². The summed E-state index contributed by atoms with van der Waals surface area (Å²) in [6.07, 6.45) is 6.36. The fourth-order valence-electron chi connectivity index (χ4n) is 3.53. The van der Waals surface area contributed by atoms with Crippen molar-refractivity contribution in [2.24, 2.45) is 0 Å². The molecule has 0 aromatic heterocycles. The minimum Gasteiger partial charge on any atom is -0.336 e. The van der Waals surface area contributed by atoms with Crippen molar-refractivity contribution in [2.45, 2.75) is 52.0 Å². The SMILES string of the molecule is CCCCN1CCCCC1CNC(=O)N1CCN(CC)CC1. The summed E-state index contributed by atoms with van der Waals surface area (Å²) in [6.45, 7) is 12.5. The molecule has 22 heavy (non-hydrogen) atoms. The van der Waals surface area contributed by atoms with Crippen LogP contribution < -0.4 is 5.32 Å². The lowest BCUT2D eigenvalue weighted by molar-refractivity contribution is 0.127. The van der Waals surface area contributed by atoms with Crippen molar-refractivity contribution in [3.63, 3.8) is 0 Å². The lowest BCUT2D eigenvalue weighted by Gasteiger charge is -2.37. The molecule has 0 spiro atoms. The Morgan fingerprint density at radius 1 is 1.09 bits per heavy atom. The minimum atomic E-state index is 0.136. The molecule has 2 fully saturated rings. The number of hydrogen-bond donors (Lipinski definition) is 1. The van der Waals surface area contributed by atoms with E-state index < -0.39 is 0 Å². The Morgan fingerprint density at radius 2 is 1.86 bits per heavy atom. The predicted molar refractivity (Wildman–Crippen MR) is 91.2 cm³/mol. The van der Waals surface area contributed by atoms with Crippen LogP contribution in [-0.2, 0) is 0 Å². The molecule has 2 saturated heterocycles. The topological polar surface area (TPSA) is 38.8 Å². The van der Waals surface area contributed by atoms with Gasteiger partial charge in [-0.1, -0.05) is 26.7 Å². The normalized spacial score (nSPS) is 24.5. The van der Waals surface area contributed by atoms with Crippen LogP contribution in [0.15, 0.2) is 0 Å². The Labute approximate surface area is 136 Å². The summed E-state index contributed by atoms with van der Waals surface area (Å²) in [5.74, 6) is 0. The number of unbranched alkanes of at least 4 members (excludes halogenated alkanes) is 1. The van der Waals surface area contributed by atoms with Crippen LogP contribution in [0.25, 0.3) is 0 Å². The fourth-order valence-corrected chi connectivity index (χ4v) is 3.53. The third-order valence-electron chi connectivity index (χ3n) is 5.14. The van der Waals surface area contributed by atoms with Crippen molar-refractivity contribution in [3.05, 3.63) is 0 Å². The van der Waals surface area contributed by atoms with E-state index in [1.165, 1.54) is 45.2 Å². The van der Waals surface area contributed by atoms with Gasteiger partial charge in [0.25, 0.3) is 0 Å². The molecule has 1 unspecified atom stereocenters.